The molecule has 1 aliphatic rings. The smallest absolute Gasteiger partial charge is 0.323 e. The van der Waals surface area contributed by atoms with E-state index in [1.807, 2.05) is 30.3 Å². The van der Waals surface area contributed by atoms with Gasteiger partial charge in [-0.15, -0.1) is 0 Å². The predicted molar refractivity (Wildman–Crippen MR) is 99.2 cm³/mol. The number of aromatic amines is 1. The Labute approximate surface area is 155 Å². The number of para-hydroxylation sites is 1. The van der Waals surface area contributed by atoms with Gasteiger partial charge in [0.1, 0.15) is 6.04 Å². The van der Waals surface area contributed by atoms with E-state index in [9.17, 15) is 4.79 Å². The molecule has 2 aromatic carbocycles. The molecule has 25 heavy (non-hydrogen) atoms. The number of hydrogen-bond acceptors (Lipinski definition) is 3. The van der Waals surface area contributed by atoms with E-state index in [-0.39, 0.29) is 12.0 Å². The average Bonchev–Trinajstić information content (AvgIpc) is 2.98. The van der Waals surface area contributed by atoms with Gasteiger partial charge in [0.25, 0.3) is 0 Å². The summed E-state index contributed by atoms with van der Waals surface area (Å²) >= 11 is 12.4. The third-order valence-corrected chi connectivity index (χ3v) is 5.05. The summed E-state index contributed by atoms with van der Waals surface area (Å²) in [6.45, 7) is 0. The Bertz CT molecular complexity index is 947. The van der Waals surface area contributed by atoms with Crippen molar-refractivity contribution in [3.05, 3.63) is 69.3 Å². The van der Waals surface area contributed by atoms with Gasteiger partial charge in [-0.25, -0.2) is 0 Å². The quantitative estimate of drug-likeness (QED) is 0.659. The van der Waals surface area contributed by atoms with E-state index >= 15 is 0 Å². The number of nitrogens with one attached hydrogen (secondary N) is 2. The highest BCUT2D eigenvalue weighted by Crippen LogP contribution is 2.36. The molecule has 0 saturated heterocycles. The first-order valence-corrected chi connectivity index (χ1v) is 8.71. The second-order valence-corrected chi connectivity index (χ2v) is 7.02. The lowest BCUT2D eigenvalue weighted by atomic mass is 9.90. The number of carbonyl (C=O) groups excluding carboxylic acids is 1. The van der Waals surface area contributed by atoms with Gasteiger partial charge < -0.3 is 9.72 Å². The third-order valence-electron chi connectivity index (χ3n) is 4.62. The van der Waals surface area contributed by atoms with E-state index in [1.165, 1.54) is 7.11 Å². The van der Waals surface area contributed by atoms with Crippen LogP contribution in [-0.2, 0) is 16.0 Å². The number of aromatic nitrogens is 1. The molecule has 2 atom stereocenters. The van der Waals surface area contributed by atoms with Gasteiger partial charge in [0.2, 0.25) is 0 Å². The largest absolute Gasteiger partial charge is 0.468 e. The number of esters is 1. The van der Waals surface area contributed by atoms with Gasteiger partial charge in [-0.3, -0.25) is 10.1 Å². The molecule has 0 saturated carbocycles. The van der Waals surface area contributed by atoms with Crippen LogP contribution in [0, 0.1) is 0 Å². The minimum Gasteiger partial charge on any atom is -0.468 e. The number of benzene rings is 2. The van der Waals surface area contributed by atoms with Crippen LogP contribution in [0.25, 0.3) is 10.9 Å². The van der Waals surface area contributed by atoms with Gasteiger partial charge >= 0.3 is 5.97 Å². The van der Waals surface area contributed by atoms with Crippen molar-refractivity contribution in [1.82, 2.24) is 10.3 Å². The van der Waals surface area contributed by atoms with E-state index in [1.54, 1.807) is 6.07 Å². The fraction of sp³-hybridized carbons (Fsp3) is 0.211. The van der Waals surface area contributed by atoms with Crippen molar-refractivity contribution in [2.75, 3.05) is 7.11 Å². The molecule has 1 aromatic heterocycles. The van der Waals surface area contributed by atoms with E-state index in [0.29, 0.717) is 16.5 Å². The van der Waals surface area contributed by atoms with Gasteiger partial charge in [-0.05, 0) is 35.4 Å². The van der Waals surface area contributed by atoms with Gasteiger partial charge in [0.15, 0.2) is 0 Å². The second-order valence-electron chi connectivity index (χ2n) is 6.15. The molecule has 2 unspecified atom stereocenters. The molecule has 0 aliphatic carbocycles. The third kappa shape index (κ3) is 2.91. The van der Waals surface area contributed by atoms with E-state index < -0.39 is 6.04 Å². The van der Waals surface area contributed by atoms with Crippen LogP contribution < -0.4 is 5.32 Å². The number of carbonyl (C=O) groups is 1. The van der Waals surface area contributed by atoms with Crippen LogP contribution in [0.3, 0.4) is 0 Å². The fourth-order valence-corrected chi connectivity index (χ4v) is 4.08. The standard InChI is InChI=1S/C19H16Cl2N2O2/c1-25-19(24)16-9-14-13-4-2-3-5-15(13)22-18(14)17(23-16)10-6-11(20)8-12(21)7-10/h2-8,16-17,22-23H,9H2,1H3. The molecule has 3 aromatic rings. The number of rotatable bonds is 2. The minimum absolute atomic E-state index is 0.226. The molecule has 0 spiro atoms. The number of fused-ring (bicyclic) bond motifs is 3. The van der Waals surface area contributed by atoms with Crippen LogP contribution >= 0.6 is 23.2 Å². The van der Waals surface area contributed by atoms with E-state index in [2.05, 4.69) is 16.4 Å². The molecule has 0 bridgehead atoms. The van der Waals surface area contributed by atoms with Crippen molar-refractivity contribution in [3.8, 4) is 0 Å². The summed E-state index contributed by atoms with van der Waals surface area (Å²) < 4.78 is 4.96. The van der Waals surface area contributed by atoms with Crippen molar-refractivity contribution >= 4 is 40.1 Å². The highest BCUT2D eigenvalue weighted by molar-refractivity contribution is 6.34. The average molecular weight is 375 g/mol. The lowest BCUT2D eigenvalue weighted by molar-refractivity contribution is -0.143. The number of methoxy groups -OCH3 is 1. The van der Waals surface area contributed by atoms with Crippen LogP contribution in [-0.4, -0.2) is 24.1 Å². The van der Waals surface area contributed by atoms with Gasteiger partial charge in [-0.1, -0.05) is 41.4 Å². The van der Waals surface area contributed by atoms with Gasteiger partial charge in [0, 0.05) is 33.1 Å². The molecule has 1 aliphatic heterocycles. The molecule has 0 amide bonds. The molecule has 2 heterocycles. The summed E-state index contributed by atoms with van der Waals surface area (Å²) in [6.07, 6.45) is 0.566. The Hall–Kier alpha value is -2.01. The zero-order valence-electron chi connectivity index (χ0n) is 13.5. The Morgan fingerprint density at radius 3 is 2.60 bits per heavy atom. The molecule has 128 valence electrons. The monoisotopic (exact) mass is 374 g/mol. The molecule has 0 radical (unpaired) electrons. The zero-order valence-corrected chi connectivity index (χ0v) is 15.0. The lowest BCUT2D eigenvalue weighted by Gasteiger charge is -2.30. The minimum atomic E-state index is -0.431. The summed E-state index contributed by atoms with van der Waals surface area (Å²) in [4.78, 5) is 15.7. The maximum Gasteiger partial charge on any atom is 0.323 e. The second kappa shape index (κ2) is 6.37. The molecular weight excluding hydrogens is 359 g/mol. The lowest BCUT2D eigenvalue weighted by Crippen LogP contribution is -2.45. The maximum atomic E-state index is 12.2. The zero-order chi connectivity index (χ0) is 17.6. The van der Waals surface area contributed by atoms with Crippen molar-refractivity contribution in [3.63, 3.8) is 0 Å². The summed E-state index contributed by atoms with van der Waals surface area (Å²) in [5.41, 5.74) is 4.09. The van der Waals surface area contributed by atoms with Crippen LogP contribution in [0.4, 0.5) is 0 Å². The number of H-pyrrole nitrogens is 1. The Morgan fingerprint density at radius 2 is 1.88 bits per heavy atom. The van der Waals surface area contributed by atoms with E-state index in [4.69, 9.17) is 27.9 Å². The Balaban J connectivity index is 1.90. The molecular formula is C19H16Cl2N2O2. The van der Waals surface area contributed by atoms with Gasteiger partial charge in [-0.2, -0.15) is 0 Å². The SMILES string of the molecule is COC(=O)C1Cc2c([nH]c3ccccc23)C(c2cc(Cl)cc(Cl)c2)N1. The summed E-state index contributed by atoms with van der Waals surface area (Å²) in [6, 6.07) is 12.8. The molecule has 0 fully saturated rings. The summed E-state index contributed by atoms with van der Waals surface area (Å²) in [7, 11) is 1.40. The summed E-state index contributed by atoms with van der Waals surface area (Å²) in [5, 5.41) is 5.60. The molecule has 4 nitrogen and oxygen atoms in total. The van der Waals surface area contributed by atoms with Crippen LogP contribution in [0.5, 0.6) is 0 Å². The number of halogens is 2. The highest BCUT2D eigenvalue weighted by Gasteiger charge is 2.34. The first kappa shape index (κ1) is 16.5. The fourth-order valence-electron chi connectivity index (χ4n) is 3.53. The summed E-state index contributed by atoms with van der Waals surface area (Å²) in [5.74, 6) is -0.283. The van der Waals surface area contributed by atoms with Gasteiger partial charge in [0.05, 0.1) is 13.2 Å². The number of ether oxygens (including phenoxy) is 1. The highest BCUT2D eigenvalue weighted by atomic mass is 35.5. The van der Waals surface area contributed by atoms with E-state index in [0.717, 1.165) is 27.7 Å². The normalized spacial score (nSPS) is 19.6. The molecule has 6 heteroatoms. The van der Waals surface area contributed by atoms with Crippen molar-refractivity contribution < 1.29 is 9.53 Å². The first-order chi connectivity index (χ1) is 12.1. The molecule has 2 N–H and O–H groups in total. The topological polar surface area (TPSA) is 54.1 Å². The number of hydrogen-bond donors (Lipinski definition) is 2. The Kier molecular flexibility index (Phi) is 4.20. The van der Waals surface area contributed by atoms with Crippen LogP contribution in [0.2, 0.25) is 10.0 Å². The first-order valence-electron chi connectivity index (χ1n) is 7.96. The van der Waals surface area contributed by atoms with Crippen LogP contribution in [0.15, 0.2) is 42.5 Å². The van der Waals surface area contributed by atoms with Crippen molar-refractivity contribution in [1.29, 1.82) is 0 Å². The molecule has 4 rings (SSSR count). The predicted octanol–water partition coefficient (Wildman–Crippen LogP) is 4.25. The maximum absolute atomic E-state index is 12.2. The van der Waals surface area contributed by atoms with Crippen molar-refractivity contribution in [2.24, 2.45) is 0 Å². The Morgan fingerprint density at radius 1 is 1.16 bits per heavy atom. The van der Waals surface area contributed by atoms with Crippen molar-refractivity contribution in [2.45, 2.75) is 18.5 Å². The van der Waals surface area contributed by atoms with Crippen LogP contribution in [0.1, 0.15) is 22.9 Å².